The van der Waals surface area contributed by atoms with Gasteiger partial charge in [0.15, 0.2) is 0 Å². The van der Waals surface area contributed by atoms with E-state index in [4.69, 9.17) is 0 Å². The molecule has 2 aromatic rings. The predicted molar refractivity (Wildman–Crippen MR) is 102 cm³/mol. The number of hydrogen-bond acceptors (Lipinski definition) is 3. The number of pyridine rings is 1. The third-order valence-electron chi connectivity index (χ3n) is 5.64. The van der Waals surface area contributed by atoms with Crippen molar-refractivity contribution in [3.8, 4) is 0 Å². The fourth-order valence-electron chi connectivity index (χ4n) is 4.04. The van der Waals surface area contributed by atoms with Crippen molar-refractivity contribution in [2.24, 2.45) is 5.41 Å². The van der Waals surface area contributed by atoms with Crippen molar-refractivity contribution in [2.45, 2.75) is 40.2 Å². The van der Waals surface area contributed by atoms with Crippen LogP contribution < -0.4 is 0 Å². The summed E-state index contributed by atoms with van der Waals surface area (Å²) >= 11 is 0. The summed E-state index contributed by atoms with van der Waals surface area (Å²) in [6.07, 6.45) is 8.19. The van der Waals surface area contributed by atoms with Gasteiger partial charge in [-0.05, 0) is 51.5 Å². The smallest absolute Gasteiger partial charge is 0.242 e. The summed E-state index contributed by atoms with van der Waals surface area (Å²) in [4.78, 5) is 21.2. The molecule has 0 saturated carbocycles. The van der Waals surface area contributed by atoms with Gasteiger partial charge in [0.25, 0.3) is 0 Å². The Kier molecular flexibility index (Phi) is 5.13. The van der Waals surface area contributed by atoms with Crippen molar-refractivity contribution in [3.05, 3.63) is 30.2 Å². The maximum Gasteiger partial charge on any atom is 0.242 e. The highest BCUT2D eigenvalue weighted by atomic mass is 16.2. The molecular weight excluding hydrogens is 312 g/mol. The van der Waals surface area contributed by atoms with E-state index < -0.39 is 0 Å². The molecule has 0 radical (unpaired) electrons. The van der Waals surface area contributed by atoms with Crippen LogP contribution in [0.25, 0.3) is 10.9 Å². The van der Waals surface area contributed by atoms with Gasteiger partial charge >= 0.3 is 0 Å². The quantitative estimate of drug-likeness (QED) is 0.843. The van der Waals surface area contributed by atoms with Crippen molar-refractivity contribution in [1.29, 1.82) is 0 Å². The van der Waals surface area contributed by atoms with Crippen molar-refractivity contribution in [1.82, 2.24) is 19.4 Å². The summed E-state index contributed by atoms with van der Waals surface area (Å²) in [6.45, 7) is 10.7. The summed E-state index contributed by atoms with van der Waals surface area (Å²) in [5.74, 6) is 0.239. The third-order valence-corrected chi connectivity index (χ3v) is 5.64. The Hall–Kier alpha value is -1.88. The van der Waals surface area contributed by atoms with Gasteiger partial charge in [0.05, 0.1) is 5.52 Å². The zero-order valence-electron chi connectivity index (χ0n) is 16.0. The number of rotatable bonds is 2. The number of amides is 1. The van der Waals surface area contributed by atoms with Crippen LogP contribution in [0.5, 0.6) is 0 Å². The highest BCUT2D eigenvalue weighted by molar-refractivity contribution is 5.85. The fourth-order valence-corrected chi connectivity index (χ4v) is 4.04. The van der Waals surface area contributed by atoms with E-state index in [9.17, 15) is 4.79 Å². The van der Waals surface area contributed by atoms with Crippen LogP contribution in [0, 0.1) is 12.3 Å². The Morgan fingerprint density at radius 1 is 1.24 bits per heavy atom. The minimum absolute atomic E-state index is 0.239. The van der Waals surface area contributed by atoms with Gasteiger partial charge in [0, 0.05) is 42.5 Å². The molecule has 4 heterocycles. The molecule has 0 bridgehead atoms. The van der Waals surface area contributed by atoms with E-state index in [1.54, 1.807) is 6.20 Å². The van der Waals surface area contributed by atoms with Crippen LogP contribution in [0.4, 0.5) is 0 Å². The lowest BCUT2D eigenvalue weighted by molar-refractivity contribution is -0.147. The highest BCUT2D eigenvalue weighted by Gasteiger charge is 2.46. The molecule has 2 aliphatic heterocycles. The molecule has 1 spiro atoms. The number of nitrogens with zero attached hydrogens (tertiary/aromatic N) is 4. The maximum atomic E-state index is 12.6. The number of fused-ring (bicyclic) bond motifs is 1. The average molecular weight is 342 g/mol. The summed E-state index contributed by atoms with van der Waals surface area (Å²) in [6, 6.07) is 1.99. The van der Waals surface area contributed by atoms with Gasteiger partial charge in [0.1, 0.15) is 6.54 Å². The summed E-state index contributed by atoms with van der Waals surface area (Å²) in [5.41, 5.74) is 2.68. The number of carbonyl (C=O) groups excluding carboxylic acids is 1. The van der Waals surface area contributed by atoms with Crippen molar-refractivity contribution in [3.63, 3.8) is 0 Å². The molecule has 0 N–H and O–H groups in total. The number of carbonyl (C=O) groups is 1. The van der Waals surface area contributed by atoms with Crippen LogP contribution in [0.1, 0.15) is 32.3 Å². The van der Waals surface area contributed by atoms with Crippen LogP contribution in [0.3, 0.4) is 0 Å². The van der Waals surface area contributed by atoms with Crippen molar-refractivity contribution < 1.29 is 4.79 Å². The van der Waals surface area contributed by atoms with E-state index in [1.807, 2.05) is 31.0 Å². The van der Waals surface area contributed by atoms with E-state index in [1.165, 1.54) is 18.4 Å². The Labute approximate surface area is 150 Å². The topological polar surface area (TPSA) is 41.4 Å². The van der Waals surface area contributed by atoms with Gasteiger partial charge in [0.2, 0.25) is 5.91 Å². The zero-order valence-corrected chi connectivity index (χ0v) is 16.0. The fraction of sp³-hybridized carbons (Fsp3) is 0.600. The predicted octanol–water partition coefficient (Wildman–Crippen LogP) is 2.93. The van der Waals surface area contributed by atoms with E-state index in [0.717, 1.165) is 37.1 Å². The Morgan fingerprint density at radius 2 is 1.92 bits per heavy atom. The van der Waals surface area contributed by atoms with Crippen LogP contribution in [-0.4, -0.2) is 58.5 Å². The highest BCUT2D eigenvalue weighted by Crippen LogP contribution is 2.40. The first-order valence-corrected chi connectivity index (χ1v) is 9.42. The Balaban J connectivity index is 0.000000880. The number of hydrogen-bond donors (Lipinski definition) is 0. The van der Waals surface area contributed by atoms with Crippen LogP contribution in [-0.2, 0) is 11.3 Å². The van der Waals surface area contributed by atoms with Crippen molar-refractivity contribution >= 4 is 16.8 Å². The van der Waals surface area contributed by atoms with Gasteiger partial charge in [-0.25, -0.2) is 0 Å². The normalized spacial score (nSPS) is 19.4. The molecule has 2 fully saturated rings. The largest absolute Gasteiger partial charge is 0.340 e. The number of aromatic nitrogens is 2. The second kappa shape index (κ2) is 7.16. The van der Waals surface area contributed by atoms with Crippen molar-refractivity contribution in [2.75, 3.05) is 33.2 Å². The first-order valence-electron chi connectivity index (χ1n) is 9.42. The molecule has 2 saturated heterocycles. The van der Waals surface area contributed by atoms with Crippen LogP contribution in [0.2, 0.25) is 0 Å². The van der Waals surface area contributed by atoms with Crippen LogP contribution >= 0.6 is 0 Å². The molecule has 0 unspecified atom stereocenters. The van der Waals surface area contributed by atoms with E-state index in [2.05, 4.69) is 34.6 Å². The van der Waals surface area contributed by atoms with Gasteiger partial charge in [-0.2, -0.15) is 0 Å². The second-order valence-electron chi connectivity index (χ2n) is 7.39. The molecule has 5 nitrogen and oxygen atoms in total. The SMILES string of the molecule is CC.Cc1cn(CC(=O)N2CC3(CCN(C)CC3)C2)c2ccncc12. The molecule has 0 atom stereocenters. The number of piperidine rings is 1. The first-order chi connectivity index (χ1) is 12.1. The Bertz CT molecular complexity index is 735. The molecule has 0 aliphatic carbocycles. The Morgan fingerprint density at radius 3 is 2.60 bits per heavy atom. The number of likely N-dealkylation sites (tertiary alicyclic amines) is 2. The summed E-state index contributed by atoms with van der Waals surface area (Å²) in [7, 11) is 2.18. The molecule has 4 rings (SSSR count). The lowest BCUT2D eigenvalue weighted by Gasteiger charge is -2.53. The van der Waals surface area contributed by atoms with E-state index in [0.29, 0.717) is 12.0 Å². The zero-order chi connectivity index (χ0) is 18.0. The molecule has 0 aromatic carbocycles. The van der Waals surface area contributed by atoms with E-state index in [-0.39, 0.29) is 5.91 Å². The summed E-state index contributed by atoms with van der Waals surface area (Å²) < 4.78 is 2.06. The molecule has 25 heavy (non-hydrogen) atoms. The molecule has 2 aliphatic rings. The van der Waals surface area contributed by atoms with Gasteiger partial charge < -0.3 is 14.4 Å². The first kappa shape index (κ1) is 17.9. The second-order valence-corrected chi connectivity index (χ2v) is 7.39. The lowest BCUT2D eigenvalue weighted by atomic mass is 9.72. The minimum atomic E-state index is 0.239. The van der Waals surface area contributed by atoms with Gasteiger partial charge in [-0.3, -0.25) is 9.78 Å². The summed E-state index contributed by atoms with van der Waals surface area (Å²) in [5, 5.41) is 1.13. The molecule has 5 heteroatoms. The van der Waals surface area contributed by atoms with E-state index >= 15 is 0 Å². The maximum absolute atomic E-state index is 12.6. The van der Waals surface area contributed by atoms with Crippen LogP contribution in [0.15, 0.2) is 24.7 Å². The third kappa shape index (κ3) is 3.43. The monoisotopic (exact) mass is 342 g/mol. The minimum Gasteiger partial charge on any atom is -0.340 e. The van der Waals surface area contributed by atoms with Gasteiger partial charge in [-0.1, -0.05) is 13.8 Å². The standard InChI is InChI=1S/C18H24N4O.C2H6/c1-14-10-21(16-3-6-19-9-15(14)16)11-17(23)22-12-18(13-22)4-7-20(2)8-5-18;1-2/h3,6,9-10H,4-5,7-8,11-13H2,1-2H3;1-2H3. The molecule has 1 amide bonds. The molecular formula is C20H30N4O. The number of aryl methyl sites for hydroxylation is 1. The van der Waals surface area contributed by atoms with Gasteiger partial charge in [-0.15, -0.1) is 0 Å². The average Bonchev–Trinajstić information content (AvgIpc) is 2.92. The lowest BCUT2D eigenvalue weighted by Crippen LogP contribution is -2.62. The molecule has 2 aromatic heterocycles. The molecule has 136 valence electrons.